The number of likely N-dealkylation sites (N-methyl/N-ethyl adjacent to an activating group) is 1. The number of ether oxygens (including phenoxy) is 2. The van der Waals surface area contributed by atoms with Gasteiger partial charge in [0.2, 0.25) is 0 Å². The van der Waals surface area contributed by atoms with Crippen molar-refractivity contribution >= 4 is 23.2 Å². The van der Waals surface area contributed by atoms with E-state index < -0.39 is 6.10 Å². The molecular formula is C21H25N3O4. The summed E-state index contributed by atoms with van der Waals surface area (Å²) < 4.78 is 11.2. The van der Waals surface area contributed by atoms with Crippen LogP contribution in [-0.4, -0.2) is 56.6 Å². The molecule has 28 heavy (non-hydrogen) atoms. The van der Waals surface area contributed by atoms with Crippen LogP contribution in [0.2, 0.25) is 0 Å². The van der Waals surface area contributed by atoms with Gasteiger partial charge in [0.1, 0.15) is 11.5 Å². The molecule has 2 aromatic carbocycles. The van der Waals surface area contributed by atoms with Crippen molar-refractivity contribution in [1.29, 1.82) is 0 Å². The maximum atomic E-state index is 12.6. The molecular weight excluding hydrogens is 358 g/mol. The first-order valence-electron chi connectivity index (χ1n) is 9.18. The quantitative estimate of drug-likeness (QED) is 0.795. The topological polar surface area (TPSA) is 71.1 Å². The van der Waals surface area contributed by atoms with E-state index in [1.807, 2.05) is 37.2 Å². The highest BCUT2D eigenvalue weighted by molar-refractivity contribution is 6.01. The zero-order chi connectivity index (χ0) is 20.1. The molecule has 1 N–H and O–H groups in total. The molecule has 0 bridgehead atoms. The lowest BCUT2D eigenvalue weighted by molar-refractivity contribution is -0.125. The Morgan fingerprint density at radius 2 is 1.96 bits per heavy atom. The van der Waals surface area contributed by atoms with E-state index in [9.17, 15) is 9.59 Å². The molecule has 0 spiro atoms. The van der Waals surface area contributed by atoms with Gasteiger partial charge in [0, 0.05) is 18.8 Å². The number of nitrogens with one attached hydrogen (secondary N) is 1. The number of hydrogen-bond donors (Lipinski definition) is 1. The number of para-hydroxylation sites is 1. The number of amides is 2. The SMILES string of the molecule is CC1Oc2ccc(NC(=O)COc3ccccc3)cc2N(CCN(C)C)C1=O. The predicted molar refractivity (Wildman–Crippen MR) is 108 cm³/mol. The Morgan fingerprint density at radius 3 is 2.68 bits per heavy atom. The average molecular weight is 383 g/mol. The lowest BCUT2D eigenvalue weighted by Crippen LogP contribution is -2.46. The summed E-state index contributed by atoms with van der Waals surface area (Å²) in [6.07, 6.45) is -0.533. The van der Waals surface area contributed by atoms with Crippen molar-refractivity contribution in [3.63, 3.8) is 0 Å². The van der Waals surface area contributed by atoms with Gasteiger partial charge in [-0.05, 0) is 51.4 Å². The number of fused-ring (bicyclic) bond motifs is 1. The average Bonchev–Trinajstić information content (AvgIpc) is 2.68. The molecule has 7 nitrogen and oxygen atoms in total. The Kier molecular flexibility index (Phi) is 6.16. The normalized spacial score (nSPS) is 15.8. The molecule has 2 amide bonds. The summed E-state index contributed by atoms with van der Waals surface area (Å²) in [5.74, 6) is 0.889. The first-order chi connectivity index (χ1) is 13.4. The van der Waals surface area contributed by atoms with E-state index in [0.717, 1.165) is 6.54 Å². The van der Waals surface area contributed by atoms with Crippen LogP contribution in [0.5, 0.6) is 11.5 Å². The van der Waals surface area contributed by atoms with Crippen LogP contribution in [0.4, 0.5) is 11.4 Å². The van der Waals surface area contributed by atoms with Crippen LogP contribution in [-0.2, 0) is 9.59 Å². The number of carbonyl (C=O) groups excluding carboxylic acids is 2. The maximum absolute atomic E-state index is 12.6. The lowest BCUT2D eigenvalue weighted by atomic mass is 10.1. The molecule has 0 saturated carbocycles. The third kappa shape index (κ3) is 4.80. The van der Waals surface area contributed by atoms with Crippen molar-refractivity contribution in [3.8, 4) is 11.5 Å². The van der Waals surface area contributed by atoms with Crippen molar-refractivity contribution in [3.05, 3.63) is 48.5 Å². The molecule has 0 fully saturated rings. The second-order valence-corrected chi connectivity index (χ2v) is 6.89. The van der Waals surface area contributed by atoms with Gasteiger partial charge in [-0.3, -0.25) is 9.59 Å². The molecule has 7 heteroatoms. The van der Waals surface area contributed by atoms with Crippen LogP contribution >= 0.6 is 0 Å². The minimum Gasteiger partial charge on any atom is -0.484 e. The summed E-state index contributed by atoms with van der Waals surface area (Å²) in [6, 6.07) is 14.4. The third-order valence-electron chi connectivity index (χ3n) is 4.33. The second kappa shape index (κ2) is 8.75. The number of nitrogens with zero attached hydrogens (tertiary/aromatic N) is 2. The third-order valence-corrected chi connectivity index (χ3v) is 4.33. The second-order valence-electron chi connectivity index (χ2n) is 6.89. The molecule has 1 aliphatic rings. The summed E-state index contributed by atoms with van der Waals surface area (Å²) in [5, 5.41) is 2.81. The zero-order valence-electron chi connectivity index (χ0n) is 16.3. The molecule has 0 saturated heterocycles. The van der Waals surface area contributed by atoms with Crippen molar-refractivity contribution in [2.45, 2.75) is 13.0 Å². The van der Waals surface area contributed by atoms with Gasteiger partial charge in [-0.25, -0.2) is 0 Å². The summed E-state index contributed by atoms with van der Waals surface area (Å²) in [7, 11) is 3.91. The molecule has 1 heterocycles. The van der Waals surface area contributed by atoms with E-state index >= 15 is 0 Å². The Morgan fingerprint density at radius 1 is 1.21 bits per heavy atom. The van der Waals surface area contributed by atoms with Gasteiger partial charge in [0.15, 0.2) is 12.7 Å². The van der Waals surface area contributed by atoms with Crippen molar-refractivity contribution in [2.24, 2.45) is 0 Å². The fourth-order valence-corrected chi connectivity index (χ4v) is 2.88. The van der Waals surface area contributed by atoms with Crippen LogP contribution in [0.25, 0.3) is 0 Å². The molecule has 148 valence electrons. The standard InChI is InChI=1S/C21H25N3O4/c1-15-21(26)24(12-11-23(2)3)18-13-16(9-10-19(18)28-15)22-20(25)14-27-17-7-5-4-6-8-17/h4-10,13,15H,11-12,14H2,1-3H3,(H,22,25). The molecule has 0 radical (unpaired) electrons. The van der Waals surface area contributed by atoms with Crippen molar-refractivity contribution in [2.75, 3.05) is 44.0 Å². The summed E-state index contributed by atoms with van der Waals surface area (Å²) in [4.78, 5) is 28.5. The maximum Gasteiger partial charge on any atom is 0.267 e. The van der Waals surface area contributed by atoms with Gasteiger partial charge in [0.25, 0.3) is 11.8 Å². The highest BCUT2D eigenvalue weighted by Gasteiger charge is 2.31. The first-order valence-corrected chi connectivity index (χ1v) is 9.18. The van der Waals surface area contributed by atoms with Gasteiger partial charge < -0.3 is 24.6 Å². The Balaban J connectivity index is 1.70. The zero-order valence-corrected chi connectivity index (χ0v) is 16.3. The molecule has 1 unspecified atom stereocenters. The van der Waals surface area contributed by atoms with E-state index in [0.29, 0.717) is 29.4 Å². The van der Waals surface area contributed by atoms with Gasteiger partial charge in [-0.1, -0.05) is 18.2 Å². The number of hydrogen-bond acceptors (Lipinski definition) is 5. The lowest BCUT2D eigenvalue weighted by Gasteiger charge is -2.34. The van der Waals surface area contributed by atoms with Crippen LogP contribution in [0.1, 0.15) is 6.92 Å². The van der Waals surface area contributed by atoms with E-state index in [2.05, 4.69) is 5.32 Å². The Hall–Kier alpha value is -3.06. The molecule has 0 aliphatic carbocycles. The highest BCUT2D eigenvalue weighted by Crippen LogP contribution is 2.36. The van der Waals surface area contributed by atoms with Gasteiger partial charge in [-0.2, -0.15) is 0 Å². The Bertz CT molecular complexity index is 839. The number of benzene rings is 2. The molecule has 1 atom stereocenters. The van der Waals surface area contributed by atoms with Crippen LogP contribution < -0.4 is 19.7 Å². The summed E-state index contributed by atoms with van der Waals surface area (Å²) in [6.45, 7) is 2.91. The monoisotopic (exact) mass is 383 g/mol. The van der Waals surface area contributed by atoms with Crippen molar-refractivity contribution in [1.82, 2.24) is 4.90 Å². The number of rotatable bonds is 7. The molecule has 2 aromatic rings. The van der Waals surface area contributed by atoms with Gasteiger partial charge in [0.05, 0.1) is 5.69 Å². The van der Waals surface area contributed by atoms with Gasteiger partial charge >= 0.3 is 0 Å². The number of carbonyl (C=O) groups is 2. The number of anilines is 2. The summed E-state index contributed by atoms with van der Waals surface area (Å²) >= 11 is 0. The van der Waals surface area contributed by atoms with E-state index in [-0.39, 0.29) is 18.4 Å². The largest absolute Gasteiger partial charge is 0.484 e. The fourth-order valence-electron chi connectivity index (χ4n) is 2.88. The predicted octanol–water partition coefficient (Wildman–Crippen LogP) is 2.38. The minimum absolute atomic E-state index is 0.0924. The van der Waals surface area contributed by atoms with E-state index in [4.69, 9.17) is 9.47 Å². The van der Waals surface area contributed by atoms with Gasteiger partial charge in [-0.15, -0.1) is 0 Å². The summed E-state index contributed by atoms with van der Waals surface area (Å²) in [5.41, 5.74) is 1.24. The minimum atomic E-state index is -0.533. The smallest absolute Gasteiger partial charge is 0.267 e. The van der Waals surface area contributed by atoms with Crippen LogP contribution in [0.3, 0.4) is 0 Å². The molecule has 1 aliphatic heterocycles. The molecule has 0 aromatic heterocycles. The van der Waals surface area contributed by atoms with Crippen molar-refractivity contribution < 1.29 is 19.1 Å². The first kappa shape index (κ1) is 19.7. The van der Waals surface area contributed by atoms with E-state index in [1.54, 1.807) is 42.2 Å². The van der Waals surface area contributed by atoms with Crippen LogP contribution in [0.15, 0.2) is 48.5 Å². The van der Waals surface area contributed by atoms with E-state index in [1.165, 1.54) is 0 Å². The molecule has 3 rings (SSSR count). The fraction of sp³-hybridized carbons (Fsp3) is 0.333. The Labute approximate surface area is 164 Å². The highest BCUT2D eigenvalue weighted by atomic mass is 16.5. The van der Waals surface area contributed by atoms with Crippen LogP contribution in [0, 0.1) is 0 Å².